The molecule has 0 amide bonds. The fourth-order valence-corrected chi connectivity index (χ4v) is 6.35. The molecule has 3 saturated carbocycles. The molecule has 3 fully saturated rings. The first-order valence-corrected chi connectivity index (χ1v) is 12.8. The minimum absolute atomic E-state index is 0.403. The molecule has 0 radical (unpaired) electrons. The van der Waals surface area contributed by atoms with Crippen LogP contribution in [0.25, 0.3) is 0 Å². The first-order valence-electron chi connectivity index (χ1n) is 12.8. The average molecular weight is 415 g/mol. The maximum absolute atomic E-state index is 10.5. The summed E-state index contributed by atoms with van der Waals surface area (Å²) in [5.74, 6) is 1.42. The lowest BCUT2D eigenvalue weighted by atomic mass is 9.63. The number of ether oxygens (including phenoxy) is 1. The molecule has 0 bridgehead atoms. The standard InChI is InChI=1S/C28H46O2/c1-5-28(29,6-2)19-10-20-30-21-25-16-17-26-24(13-9-18-27(25,26)4)15-14-23-12-8-7-11-22(23)3/h14-15,25-26,29H,3,5-13,16-21H2,1-2,4H3/b23-14-,24-15+. The topological polar surface area (TPSA) is 29.5 Å². The summed E-state index contributed by atoms with van der Waals surface area (Å²) in [4.78, 5) is 0. The van der Waals surface area contributed by atoms with Gasteiger partial charge < -0.3 is 9.84 Å². The van der Waals surface area contributed by atoms with E-state index in [1.54, 1.807) is 5.57 Å². The molecule has 3 atom stereocenters. The van der Waals surface area contributed by atoms with E-state index < -0.39 is 5.60 Å². The number of rotatable bonds is 9. The zero-order valence-electron chi connectivity index (χ0n) is 20.0. The van der Waals surface area contributed by atoms with Crippen LogP contribution in [0.2, 0.25) is 0 Å². The van der Waals surface area contributed by atoms with E-state index in [1.807, 2.05) is 0 Å². The van der Waals surface area contributed by atoms with Gasteiger partial charge in [-0.3, -0.25) is 0 Å². The van der Waals surface area contributed by atoms with E-state index >= 15 is 0 Å². The van der Waals surface area contributed by atoms with Gasteiger partial charge in [0.1, 0.15) is 0 Å². The highest BCUT2D eigenvalue weighted by Crippen LogP contribution is 2.57. The molecule has 0 aliphatic heterocycles. The van der Waals surface area contributed by atoms with Gasteiger partial charge in [-0.1, -0.05) is 50.6 Å². The van der Waals surface area contributed by atoms with Crippen molar-refractivity contribution in [3.05, 3.63) is 35.5 Å². The summed E-state index contributed by atoms with van der Waals surface area (Å²) in [6.07, 6.45) is 20.0. The molecule has 2 heteroatoms. The van der Waals surface area contributed by atoms with E-state index in [9.17, 15) is 5.11 Å². The van der Waals surface area contributed by atoms with E-state index in [2.05, 4.69) is 39.5 Å². The lowest BCUT2D eigenvalue weighted by molar-refractivity contribution is 0.000803. The molecule has 0 aromatic rings. The SMILES string of the molecule is C=C1CCCC/C1=C/C=C1\CCCC2(C)C(COCCCC(O)(CC)CC)CCC12. The summed E-state index contributed by atoms with van der Waals surface area (Å²) >= 11 is 0. The van der Waals surface area contributed by atoms with Crippen LogP contribution in [0.1, 0.15) is 104 Å². The maximum atomic E-state index is 10.5. The van der Waals surface area contributed by atoms with Crippen molar-refractivity contribution < 1.29 is 9.84 Å². The van der Waals surface area contributed by atoms with Gasteiger partial charge in [0.25, 0.3) is 0 Å². The van der Waals surface area contributed by atoms with Crippen molar-refractivity contribution in [3.63, 3.8) is 0 Å². The maximum Gasteiger partial charge on any atom is 0.0643 e. The Kier molecular flexibility index (Phi) is 8.44. The molecule has 2 nitrogen and oxygen atoms in total. The summed E-state index contributed by atoms with van der Waals surface area (Å²) in [6.45, 7) is 12.7. The molecule has 0 aromatic carbocycles. The van der Waals surface area contributed by atoms with Gasteiger partial charge in [0.05, 0.1) is 5.60 Å². The van der Waals surface area contributed by atoms with E-state index in [1.165, 1.54) is 68.9 Å². The first-order chi connectivity index (χ1) is 14.4. The third kappa shape index (κ3) is 5.49. The van der Waals surface area contributed by atoms with Crippen molar-refractivity contribution in [1.29, 1.82) is 0 Å². The summed E-state index contributed by atoms with van der Waals surface area (Å²) in [6, 6.07) is 0. The quantitative estimate of drug-likeness (QED) is 0.395. The molecule has 0 heterocycles. The lowest BCUT2D eigenvalue weighted by Crippen LogP contribution is -2.35. The van der Waals surface area contributed by atoms with Crippen LogP contribution in [0.4, 0.5) is 0 Å². The van der Waals surface area contributed by atoms with Crippen molar-refractivity contribution >= 4 is 0 Å². The van der Waals surface area contributed by atoms with Gasteiger partial charge in [-0.05, 0) is 106 Å². The van der Waals surface area contributed by atoms with Crippen molar-refractivity contribution in [1.82, 2.24) is 0 Å². The first kappa shape index (κ1) is 23.8. The predicted molar refractivity (Wildman–Crippen MR) is 128 cm³/mol. The summed E-state index contributed by atoms with van der Waals surface area (Å²) < 4.78 is 6.17. The molecule has 3 rings (SSSR count). The van der Waals surface area contributed by atoms with Crippen LogP contribution in [0.5, 0.6) is 0 Å². The molecule has 3 unspecified atom stereocenters. The van der Waals surface area contributed by atoms with Gasteiger partial charge in [-0.15, -0.1) is 0 Å². The largest absolute Gasteiger partial charge is 0.390 e. The molecule has 0 spiro atoms. The normalized spacial score (nSPS) is 32.7. The molecular formula is C28H46O2. The Morgan fingerprint density at radius 2 is 1.87 bits per heavy atom. The average Bonchev–Trinajstić information content (AvgIpc) is 3.09. The van der Waals surface area contributed by atoms with Gasteiger partial charge in [0, 0.05) is 13.2 Å². The zero-order valence-corrected chi connectivity index (χ0v) is 20.0. The summed E-state index contributed by atoms with van der Waals surface area (Å²) in [5, 5.41) is 10.5. The van der Waals surface area contributed by atoms with Crippen molar-refractivity contribution in [3.8, 4) is 0 Å². The van der Waals surface area contributed by atoms with Gasteiger partial charge in [-0.2, -0.15) is 0 Å². The van der Waals surface area contributed by atoms with Crippen LogP contribution in [0.15, 0.2) is 35.5 Å². The monoisotopic (exact) mass is 414 g/mol. The van der Waals surface area contributed by atoms with Crippen LogP contribution in [-0.4, -0.2) is 23.9 Å². The Balaban J connectivity index is 1.53. The Labute approximate surface area is 185 Å². The molecule has 0 aromatic heterocycles. The fraction of sp³-hybridized carbons (Fsp3) is 0.786. The lowest BCUT2D eigenvalue weighted by Gasteiger charge is -2.42. The van der Waals surface area contributed by atoms with Crippen molar-refractivity contribution in [2.45, 2.75) is 110 Å². The minimum Gasteiger partial charge on any atom is -0.390 e. The van der Waals surface area contributed by atoms with Gasteiger partial charge >= 0.3 is 0 Å². The highest BCUT2D eigenvalue weighted by molar-refractivity contribution is 5.35. The molecule has 0 saturated heterocycles. The number of hydrogen-bond acceptors (Lipinski definition) is 2. The summed E-state index contributed by atoms with van der Waals surface area (Å²) in [7, 11) is 0. The molecule has 3 aliphatic rings. The van der Waals surface area contributed by atoms with E-state index in [-0.39, 0.29) is 0 Å². The Bertz CT molecular complexity index is 639. The second-order valence-electron chi connectivity index (χ2n) is 10.5. The molecule has 170 valence electrons. The van der Waals surface area contributed by atoms with Gasteiger partial charge in [0.2, 0.25) is 0 Å². The molecule has 30 heavy (non-hydrogen) atoms. The number of aliphatic hydroxyl groups is 1. The van der Waals surface area contributed by atoms with Crippen LogP contribution < -0.4 is 0 Å². The van der Waals surface area contributed by atoms with Crippen LogP contribution >= 0.6 is 0 Å². The smallest absolute Gasteiger partial charge is 0.0643 e. The zero-order chi connectivity index (χ0) is 21.6. The van der Waals surface area contributed by atoms with Crippen molar-refractivity contribution in [2.75, 3.05) is 13.2 Å². The highest BCUT2D eigenvalue weighted by atomic mass is 16.5. The minimum atomic E-state index is -0.491. The number of hydrogen-bond donors (Lipinski definition) is 1. The van der Waals surface area contributed by atoms with E-state index in [0.29, 0.717) is 11.3 Å². The number of allylic oxidation sites excluding steroid dienone is 5. The van der Waals surface area contributed by atoms with Gasteiger partial charge in [0.15, 0.2) is 0 Å². The van der Waals surface area contributed by atoms with E-state index in [4.69, 9.17) is 4.74 Å². The van der Waals surface area contributed by atoms with Crippen LogP contribution in [0.3, 0.4) is 0 Å². The van der Waals surface area contributed by atoms with Gasteiger partial charge in [-0.25, -0.2) is 0 Å². The van der Waals surface area contributed by atoms with Crippen LogP contribution in [-0.2, 0) is 4.74 Å². The van der Waals surface area contributed by atoms with Crippen LogP contribution in [0, 0.1) is 17.3 Å². The fourth-order valence-electron chi connectivity index (χ4n) is 6.35. The number of fused-ring (bicyclic) bond motifs is 1. The highest BCUT2D eigenvalue weighted by Gasteiger charge is 2.49. The second-order valence-corrected chi connectivity index (χ2v) is 10.5. The van der Waals surface area contributed by atoms with Crippen molar-refractivity contribution in [2.24, 2.45) is 17.3 Å². The molecule has 1 N–H and O–H groups in total. The Morgan fingerprint density at radius 1 is 1.10 bits per heavy atom. The Morgan fingerprint density at radius 3 is 2.60 bits per heavy atom. The molecule has 3 aliphatic carbocycles. The predicted octanol–water partition coefficient (Wildman–Crippen LogP) is 7.53. The third-order valence-electron chi connectivity index (χ3n) is 8.85. The molecular weight excluding hydrogens is 368 g/mol. The second kappa shape index (κ2) is 10.6. The van der Waals surface area contributed by atoms with E-state index in [0.717, 1.165) is 44.8 Å². The Hall–Kier alpha value is -0.860. The summed E-state index contributed by atoms with van der Waals surface area (Å²) in [5.41, 5.74) is 4.47. The third-order valence-corrected chi connectivity index (χ3v) is 8.85.